The van der Waals surface area contributed by atoms with Crippen molar-refractivity contribution < 1.29 is 4.74 Å². The van der Waals surface area contributed by atoms with E-state index in [1.54, 1.807) is 7.11 Å². The second-order valence-corrected chi connectivity index (χ2v) is 6.43. The van der Waals surface area contributed by atoms with Crippen molar-refractivity contribution in [2.45, 2.75) is 44.4 Å². The molecule has 1 aromatic carbocycles. The zero-order valence-corrected chi connectivity index (χ0v) is 12.4. The molecule has 19 heavy (non-hydrogen) atoms. The number of rotatable bonds is 3. The fourth-order valence-electron chi connectivity index (χ4n) is 3.84. The average molecular weight is 259 g/mol. The fourth-order valence-corrected chi connectivity index (χ4v) is 3.84. The van der Waals surface area contributed by atoms with Crippen LogP contribution >= 0.6 is 0 Å². The summed E-state index contributed by atoms with van der Waals surface area (Å²) in [4.78, 5) is 2.66. The second kappa shape index (κ2) is 4.82. The molecule has 0 bridgehead atoms. The largest absolute Gasteiger partial charge is 0.497 e. The second-order valence-electron chi connectivity index (χ2n) is 6.43. The van der Waals surface area contributed by atoms with Crippen molar-refractivity contribution in [1.29, 1.82) is 0 Å². The molecule has 0 spiro atoms. The van der Waals surface area contributed by atoms with E-state index in [9.17, 15) is 0 Å². The van der Waals surface area contributed by atoms with Gasteiger partial charge in [0.25, 0.3) is 0 Å². The third kappa shape index (κ3) is 2.06. The molecule has 1 aromatic rings. The van der Waals surface area contributed by atoms with Crippen LogP contribution in [0.1, 0.15) is 50.2 Å². The number of ether oxygens (including phenoxy) is 1. The van der Waals surface area contributed by atoms with Gasteiger partial charge in [0, 0.05) is 12.0 Å². The molecule has 1 heterocycles. The number of likely N-dealkylation sites (tertiary alicyclic amines) is 1. The molecule has 0 N–H and O–H groups in total. The smallest absolute Gasteiger partial charge is 0.119 e. The Balaban J connectivity index is 1.82. The molecule has 1 saturated heterocycles. The van der Waals surface area contributed by atoms with Crippen LogP contribution in [0.3, 0.4) is 0 Å². The lowest BCUT2D eigenvalue weighted by atomic mass is 9.57. The Hall–Kier alpha value is -1.02. The number of piperidine rings is 1. The predicted molar refractivity (Wildman–Crippen MR) is 79.1 cm³/mol. The molecule has 3 rings (SSSR count). The van der Waals surface area contributed by atoms with Crippen molar-refractivity contribution >= 4 is 0 Å². The van der Waals surface area contributed by atoms with Crippen LogP contribution in [0.5, 0.6) is 5.75 Å². The number of benzene rings is 1. The van der Waals surface area contributed by atoms with E-state index in [1.165, 1.54) is 50.0 Å². The summed E-state index contributed by atoms with van der Waals surface area (Å²) < 4.78 is 5.39. The van der Waals surface area contributed by atoms with Crippen LogP contribution in [0.25, 0.3) is 0 Å². The molecule has 2 nitrogen and oxygen atoms in total. The Morgan fingerprint density at radius 2 is 2.00 bits per heavy atom. The highest BCUT2D eigenvalue weighted by Gasteiger charge is 2.46. The molecule has 2 aliphatic rings. The summed E-state index contributed by atoms with van der Waals surface area (Å²) in [5, 5.41) is 0. The molecule has 2 heteroatoms. The zero-order valence-electron chi connectivity index (χ0n) is 12.4. The van der Waals surface area contributed by atoms with Gasteiger partial charge in [0.2, 0.25) is 0 Å². The molecule has 0 amide bonds. The van der Waals surface area contributed by atoms with Gasteiger partial charge in [-0.3, -0.25) is 0 Å². The van der Waals surface area contributed by atoms with Crippen molar-refractivity contribution in [3.05, 3.63) is 29.3 Å². The fraction of sp³-hybridized carbons (Fsp3) is 0.647. The molecule has 104 valence electrons. The third-order valence-electron chi connectivity index (χ3n) is 5.30. The molecule has 0 saturated carbocycles. The number of hydrogen-bond donors (Lipinski definition) is 0. The van der Waals surface area contributed by atoms with Crippen LogP contribution in [-0.4, -0.2) is 31.6 Å². The molecular formula is C17H25NO. The highest BCUT2D eigenvalue weighted by Crippen LogP contribution is 2.52. The Bertz CT molecular complexity index is 464. The van der Waals surface area contributed by atoms with E-state index >= 15 is 0 Å². The van der Waals surface area contributed by atoms with E-state index in [4.69, 9.17) is 4.74 Å². The van der Waals surface area contributed by atoms with Gasteiger partial charge in [-0.1, -0.05) is 26.3 Å². The maximum absolute atomic E-state index is 5.39. The molecule has 1 aliphatic carbocycles. The molecule has 2 atom stereocenters. The topological polar surface area (TPSA) is 12.5 Å². The van der Waals surface area contributed by atoms with Gasteiger partial charge in [0.05, 0.1) is 7.11 Å². The molecular weight excluding hydrogens is 234 g/mol. The Morgan fingerprint density at radius 1 is 1.26 bits per heavy atom. The molecule has 1 fully saturated rings. The first kappa shape index (κ1) is 13.0. The molecule has 0 radical (unpaired) electrons. The molecule has 1 aliphatic heterocycles. The highest BCUT2D eigenvalue weighted by molar-refractivity contribution is 5.52. The first-order valence-electron chi connectivity index (χ1n) is 7.56. The van der Waals surface area contributed by atoms with Crippen molar-refractivity contribution in [3.8, 4) is 5.75 Å². The standard InChI is InChI=1S/C17H25NO/c1-13-15-8-7-14(19-3)11-16(15)17(13,2)12-18-9-5-4-6-10-18/h7-8,11,13H,4-6,9-10,12H2,1-3H3. The van der Waals surface area contributed by atoms with E-state index in [2.05, 4.69) is 36.9 Å². The van der Waals surface area contributed by atoms with Crippen LogP contribution in [0.2, 0.25) is 0 Å². The Kier molecular flexibility index (Phi) is 3.30. The predicted octanol–water partition coefficient (Wildman–Crippen LogP) is 3.56. The summed E-state index contributed by atoms with van der Waals surface area (Å²) in [6, 6.07) is 6.59. The summed E-state index contributed by atoms with van der Waals surface area (Å²) in [6.45, 7) is 8.56. The minimum Gasteiger partial charge on any atom is -0.497 e. The lowest BCUT2D eigenvalue weighted by Gasteiger charge is -2.50. The first-order valence-corrected chi connectivity index (χ1v) is 7.56. The van der Waals surface area contributed by atoms with Gasteiger partial charge >= 0.3 is 0 Å². The third-order valence-corrected chi connectivity index (χ3v) is 5.30. The van der Waals surface area contributed by atoms with Gasteiger partial charge in [-0.05, 0) is 55.1 Å². The Labute approximate surface area is 116 Å². The van der Waals surface area contributed by atoms with Gasteiger partial charge in [-0.15, -0.1) is 0 Å². The quantitative estimate of drug-likeness (QED) is 0.823. The van der Waals surface area contributed by atoms with Gasteiger partial charge < -0.3 is 9.64 Å². The van der Waals surface area contributed by atoms with Crippen molar-refractivity contribution in [3.63, 3.8) is 0 Å². The van der Waals surface area contributed by atoms with Crippen LogP contribution in [0.4, 0.5) is 0 Å². The van der Waals surface area contributed by atoms with Gasteiger partial charge in [-0.2, -0.15) is 0 Å². The van der Waals surface area contributed by atoms with E-state index in [-0.39, 0.29) is 0 Å². The normalized spacial score (nSPS) is 30.6. The summed E-state index contributed by atoms with van der Waals surface area (Å²) in [5.74, 6) is 1.66. The summed E-state index contributed by atoms with van der Waals surface area (Å²) in [5.41, 5.74) is 3.33. The average Bonchev–Trinajstić information content (AvgIpc) is 2.47. The van der Waals surface area contributed by atoms with Gasteiger partial charge in [0.15, 0.2) is 0 Å². The summed E-state index contributed by atoms with van der Waals surface area (Å²) >= 11 is 0. The monoisotopic (exact) mass is 259 g/mol. The first-order chi connectivity index (χ1) is 9.15. The lowest BCUT2D eigenvalue weighted by Crippen LogP contribution is -2.49. The lowest BCUT2D eigenvalue weighted by molar-refractivity contribution is 0.154. The summed E-state index contributed by atoms with van der Waals surface area (Å²) in [7, 11) is 1.76. The van der Waals surface area contributed by atoms with Crippen molar-refractivity contribution in [2.24, 2.45) is 0 Å². The minimum absolute atomic E-state index is 0.307. The van der Waals surface area contributed by atoms with Crippen molar-refractivity contribution in [1.82, 2.24) is 4.90 Å². The Morgan fingerprint density at radius 3 is 2.68 bits per heavy atom. The number of methoxy groups -OCH3 is 1. The van der Waals surface area contributed by atoms with Crippen LogP contribution < -0.4 is 4.74 Å². The minimum atomic E-state index is 0.307. The molecule has 0 aromatic heterocycles. The van der Waals surface area contributed by atoms with Crippen LogP contribution in [-0.2, 0) is 5.41 Å². The molecule has 2 unspecified atom stereocenters. The van der Waals surface area contributed by atoms with Gasteiger partial charge in [0.1, 0.15) is 5.75 Å². The van der Waals surface area contributed by atoms with Crippen LogP contribution in [0, 0.1) is 0 Å². The van der Waals surface area contributed by atoms with E-state index in [0.29, 0.717) is 11.3 Å². The number of hydrogen-bond acceptors (Lipinski definition) is 2. The summed E-state index contributed by atoms with van der Waals surface area (Å²) in [6.07, 6.45) is 4.15. The van der Waals surface area contributed by atoms with Gasteiger partial charge in [-0.25, -0.2) is 0 Å². The van der Waals surface area contributed by atoms with Crippen LogP contribution in [0.15, 0.2) is 18.2 Å². The zero-order chi connectivity index (χ0) is 13.5. The highest BCUT2D eigenvalue weighted by atomic mass is 16.5. The number of nitrogens with zero attached hydrogens (tertiary/aromatic N) is 1. The van der Waals surface area contributed by atoms with E-state index < -0.39 is 0 Å². The SMILES string of the molecule is COc1ccc2c(c1)C(C)(CN1CCCCC1)C2C. The van der Waals surface area contributed by atoms with E-state index in [0.717, 1.165) is 5.75 Å². The maximum Gasteiger partial charge on any atom is 0.119 e. The number of fused-ring (bicyclic) bond motifs is 1. The maximum atomic E-state index is 5.39. The van der Waals surface area contributed by atoms with Crippen molar-refractivity contribution in [2.75, 3.05) is 26.7 Å². The van der Waals surface area contributed by atoms with E-state index in [1.807, 2.05) is 0 Å².